The summed E-state index contributed by atoms with van der Waals surface area (Å²) in [6.07, 6.45) is 6.74. The third-order valence-corrected chi connectivity index (χ3v) is 2.56. The molecule has 0 atom stereocenters. The molecule has 0 bridgehead atoms. The van der Waals surface area contributed by atoms with Crippen molar-refractivity contribution in [1.29, 1.82) is 0 Å². The maximum Gasteiger partial charge on any atom is 0.180 e. The Morgan fingerprint density at radius 2 is 2.12 bits per heavy atom. The number of nitrogens with one attached hydrogen (secondary N) is 1. The van der Waals surface area contributed by atoms with Crippen molar-refractivity contribution in [3.05, 3.63) is 48.4 Å². The number of aryl methyl sites for hydroxylation is 2. The van der Waals surface area contributed by atoms with Crippen molar-refractivity contribution in [3.63, 3.8) is 0 Å². The number of imidazole rings is 1. The van der Waals surface area contributed by atoms with Crippen molar-refractivity contribution in [2.45, 2.75) is 12.8 Å². The van der Waals surface area contributed by atoms with Gasteiger partial charge in [0.1, 0.15) is 17.7 Å². The molecule has 3 aromatic heterocycles. The third-order valence-electron chi connectivity index (χ3n) is 2.56. The largest absolute Gasteiger partial charge is 0.339 e. The number of H-pyrrole nitrogens is 1. The zero-order chi connectivity index (χ0) is 11.5. The van der Waals surface area contributed by atoms with Gasteiger partial charge in [0.2, 0.25) is 0 Å². The lowest BCUT2D eigenvalue weighted by Gasteiger charge is -1.96. The molecule has 0 saturated carbocycles. The van der Waals surface area contributed by atoms with E-state index in [4.69, 9.17) is 0 Å². The molecule has 17 heavy (non-hydrogen) atoms. The van der Waals surface area contributed by atoms with Gasteiger partial charge in [-0.25, -0.2) is 15.0 Å². The molecule has 5 heteroatoms. The van der Waals surface area contributed by atoms with Gasteiger partial charge in [0.05, 0.1) is 6.20 Å². The summed E-state index contributed by atoms with van der Waals surface area (Å²) < 4.78 is 0. The van der Waals surface area contributed by atoms with Crippen molar-refractivity contribution in [1.82, 2.24) is 24.9 Å². The molecule has 0 amide bonds. The number of rotatable bonds is 3. The highest BCUT2D eigenvalue weighted by Crippen LogP contribution is 2.08. The van der Waals surface area contributed by atoms with Crippen LogP contribution in [0.5, 0.6) is 0 Å². The van der Waals surface area contributed by atoms with Gasteiger partial charge >= 0.3 is 0 Å². The second-order valence-electron chi connectivity index (χ2n) is 3.76. The van der Waals surface area contributed by atoms with Gasteiger partial charge in [0.15, 0.2) is 5.65 Å². The molecule has 3 heterocycles. The Labute approximate surface area is 98.0 Å². The minimum Gasteiger partial charge on any atom is -0.339 e. The van der Waals surface area contributed by atoms with Gasteiger partial charge in [-0.05, 0) is 18.6 Å². The van der Waals surface area contributed by atoms with E-state index in [1.807, 2.05) is 18.2 Å². The molecule has 84 valence electrons. The summed E-state index contributed by atoms with van der Waals surface area (Å²) in [6.45, 7) is 0. The summed E-state index contributed by atoms with van der Waals surface area (Å²) >= 11 is 0. The number of aromatic amines is 1. The van der Waals surface area contributed by atoms with Crippen LogP contribution >= 0.6 is 0 Å². The summed E-state index contributed by atoms with van der Waals surface area (Å²) in [5.41, 5.74) is 2.67. The summed E-state index contributed by atoms with van der Waals surface area (Å²) in [5.74, 6) is 0.922. The maximum atomic E-state index is 4.39. The fraction of sp³-hybridized carbons (Fsp3) is 0.167. The number of hydrogen-bond donors (Lipinski definition) is 1. The highest BCUT2D eigenvalue weighted by Gasteiger charge is 2.03. The summed E-state index contributed by atoms with van der Waals surface area (Å²) in [4.78, 5) is 19.9. The molecule has 5 nitrogen and oxygen atoms in total. The van der Waals surface area contributed by atoms with Gasteiger partial charge in [-0.1, -0.05) is 6.07 Å². The molecule has 0 unspecified atom stereocenters. The molecule has 0 radical (unpaired) electrons. The molecule has 0 saturated heterocycles. The van der Waals surface area contributed by atoms with Crippen LogP contribution in [-0.2, 0) is 12.8 Å². The van der Waals surface area contributed by atoms with E-state index in [1.54, 1.807) is 12.4 Å². The maximum absolute atomic E-state index is 4.39. The molecule has 1 N–H and O–H groups in total. The number of hydrogen-bond acceptors (Lipinski definition) is 4. The van der Waals surface area contributed by atoms with Crippen molar-refractivity contribution < 1.29 is 0 Å². The van der Waals surface area contributed by atoms with Crippen LogP contribution in [0.3, 0.4) is 0 Å². The van der Waals surface area contributed by atoms with Crippen molar-refractivity contribution >= 4 is 11.2 Å². The monoisotopic (exact) mass is 225 g/mol. The van der Waals surface area contributed by atoms with E-state index in [0.717, 1.165) is 35.5 Å². The second kappa shape index (κ2) is 4.29. The topological polar surface area (TPSA) is 67.3 Å². The van der Waals surface area contributed by atoms with Crippen LogP contribution < -0.4 is 0 Å². The number of nitrogens with zero attached hydrogens (tertiary/aromatic N) is 4. The quantitative estimate of drug-likeness (QED) is 0.734. The van der Waals surface area contributed by atoms with Crippen molar-refractivity contribution in [3.8, 4) is 0 Å². The van der Waals surface area contributed by atoms with Gasteiger partial charge in [-0.3, -0.25) is 4.98 Å². The zero-order valence-corrected chi connectivity index (χ0v) is 9.17. The highest BCUT2D eigenvalue weighted by molar-refractivity contribution is 5.68. The first-order chi connectivity index (χ1) is 8.42. The van der Waals surface area contributed by atoms with Crippen LogP contribution in [0.15, 0.2) is 36.9 Å². The number of aromatic nitrogens is 5. The van der Waals surface area contributed by atoms with Gasteiger partial charge in [-0.2, -0.15) is 0 Å². The van der Waals surface area contributed by atoms with E-state index in [2.05, 4.69) is 24.9 Å². The predicted octanol–water partition coefficient (Wildman–Crippen LogP) is 1.53. The van der Waals surface area contributed by atoms with Gasteiger partial charge in [0, 0.05) is 18.3 Å². The van der Waals surface area contributed by atoms with E-state index >= 15 is 0 Å². The van der Waals surface area contributed by atoms with Gasteiger partial charge in [0.25, 0.3) is 0 Å². The van der Waals surface area contributed by atoms with Crippen LogP contribution in [0.25, 0.3) is 11.2 Å². The van der Waals surface area contributed by atoms with Crippen LogP contribution in [-0.4, -0.2) is 24.9 Å². The summed E-state index contributed by atoms with van der Waals surface area (Å²) in [5, 5.41) is 0. The lowest BCUT2D eigenvalue weighted by atomic mass is 10.2. The molecule has 0 aromatic carbocycles. The Hall–Kier alpha value is -2.30. The molecule has 0 aliphatic rings. The first kappa shape index (κ1) is 9.89. The summed E-state index contributed by atoms with van der Waals surface area (Å²) in [7, 11) is 0. The van der Waals surface area contributed by atoms with Crippen LogP contribution in [0.2, 0.25) is 0 Å². The Kier molecular flexibility index (Phi) is 2.50. The first-order valence-electron chi connectivity index (χ1n) is 5.46. The van der Waals surface area contributed by atoms with Gasteiger partial charge in [-0.15, -0.1) is 0 Å². The second-order valence-corrected chi connectivity index (χ2v) is 3.76. The van der Waals surface area contributed by atoms with E-state index < -0.39 is 0 Å². The SMILES string of the molecule is c1ccc(CCc2nc3ncncc3[nH]2)nc1. The Bertz CT molecular complexity index is 584. The van der Waals surface area contributed by atoms with Crippen LogP contribution in [0.4, 0.5) is 0 Å². The average molecular weight is 225 g/mol. The van der Waals surface area contributed by atoms with E-state index in [-0.39, 0.29) is 0 Å². The summed E-state index contributed by atoms with van der Waals surface area (Å²) in [6, 6.07) is 5.93. The van der Waals surface area contributed by atoms with Crippen LogP contribution in [0.1, 0.15) is 11.5 Å². The lowest BCUT2D eigenvalue weighted by molar-refractivity contribution is 0.860. The molecule has 0 aliphatic carbocycles. The first-order valence-corrected chi connectivity index (χ1v) is 5.46. The fourth-order valence-corrected chi connectivity index (χ4v) is 1.72. The molecular formula is C12H11N5. The molecule has 0 aliphatic heterocycles. The fourth-order valence-electron chi connectivity index (χ4n) is 1.72. The van der Waals surface area contributed by atoms with Gasteiger partial charge < -0.3 is 4.98 Å². The normalized spacial score (nSPS) is 10.8. The minimum atomic E-state index is 0.719. The molecule has 0 fully saturated rings. The molecular weight excluding hydrogens is 214 g/mol. The Morgan fingerprint density at radius 3 is 2.94 bits per heavy atom. The lowest BCUT2D eigenvalue weighted by Crippen LogP contribution is -1.95. The average Bonchev–Trinajstić information content (AvgIpc) is 2.80. The minimum absolute atomic E-state index is 0.719. The standard InChI is InChI=1S/C12H11N5/c1-2-6-14-9(3-1)4-5-11-16-10-7-13-8-15-12(10)17-11/h1-3,6-8H,4-5H2,(H,13,15,16,17). The highest BCUT2D eigenvalue weighted by atomic mass is 15.0. The van der Waals surface area contributed by atoms with E-state index in [0.29, 0.717) is 0 Å². The molecule has 0 spiro atoms. The third kappa shape index (κ3) is 2.13. The van der Waals surface area contributed by atoms with Crippen molar-refractivity contribution in [2.75, 3.05) is 0 Å². The van der Waals surface area contributed by atoms with E-state index in [1.165, 1.54) is 6.33 Å². The Balaban J connectivity index is 1.77. The van der Waals surface area contributed by atoms with Crippen LogP contribution in [0, 0.1) is 0 Å². The number of fused-ring (bicyclic) bond motifs is 1. The van der Waals surface area contributed by atoms with E-state index in [9.17, 15) is 0 Å². The predicted molar refractivity (Wildman–Crippen MR) is 63.3 cm³/mol. The number of pyridine rings is 1. The Morgan fingerprint density at radius 1 is 1.12 bits per heavy atom. The smallest absolute Gasteiger partial charge is 0.180 e. The zero-order valence-electron chi connectivity index (χ0n) is 9.17. The molecule has 3 aromatic rings. The molecule has 3 rings (SSSR count). The van der Waals surface area contributed by atoms with Crippen molar-refractivity contribution in [2.24, 2.45) is 0 Å².